The molecule has 1 aliphatic carbocycles. The van der Waals surface area contributed by atoms with Crippen molar-refractivity contribution in [2.45, 2.75) is 24.9 Å². The number of benzene rings is 1. The van der Waals surface area contributed by atoms with E-state index in [1.54, 1.807) is 11.3 Å². The molecule has 28 heavy (non-hydrogen) atoms. The van der Waals surface area contributed by atoms with E-state index in [9.17, 15) is 4.79 Å². The number of hydrogen-bond acceptors (Lipinski definition) is 5. The molecule has 2 aromatic rings. The SMILES string of the molecule is O=C(c1cc2c(N3CCNCC3)cccc2s1)N1CCCC2(C1)OC[C@@H]1C[C@@H]12. The molecule has 3 aliphatic heterocycles. The molecular weight excluding hydrogens is 370 g/mol. The van der Waals surface area contributed by atoms with Gasteiger partial charge in [0.25, 0.3) is 5.91 Å². The lowest BCUT2D eigenvalue weighted by atomic mass is 9.88. The predicted molar refractivity (Wildman–Crippen MR) is 112 cm³/mol. The largest absolute Gasteiger partial charge is 0.373 e. The van der Waals surface area contributed by atoms with E-state index in [2.05, 4.69) is 39.4 Å². The monoisotopic (exact) mass is 397 g/mol. The van der Waals surface area contributed by atoms with Crippen LogP contribution in [0.2, 0.25) is 0 Å². The van der Waals surface area contributed by atoms with Gasteiger partial charge in [0.2, 0.25) is 0 Å². The summed E-state index contributed by atoms with van der Waals surface area (Å²) in [5.41, 5.74) is 1.23. The Kier molecular flexibility index (Phi) is 3.97. The molecule has 1 saturated carbocycles. The molecule has 0 bridgehead atoms. The van der Waals surface area contributed by atoms with Crippen molar-refractivity contribution in [3.05, 3.63) is 29.1 Å². The number of likely N-dealkylation sites (tertiary alicyclic amines) is 1. The van der Waals surface area contributed by atoms with Crippen LogP contribution in [0.4, 0.5) is 5.69 Å². The molecule has 4 heterocycles. The second kappa shape index (κ2) is 6.44. The molecule has 1 spiro atoms. The van der Waals surface area contributed by atoms with Gasteiger partial charge in [-0.25, -0.2) is 0 Å². The molecular formula is C22H27N3O2S. The third-order valence-electron chi connectivity index (χ3n) is 7.16. The number of nitrogens with zero attached hydrogens (tertiary/aromatic N) is 2. The fourth-order valence-electron chi connectivity index (χ4n) is 5.59. The zero-order valence-corrected chi connectivity index (χ0v) is 17.0. The third kappa shape index (κ3) is 2.69. The number of carbonyl (C=O) groups is 1. The highest BCUT2D eigenvalue weighted by molar-refractivity contribution is 7.20. The average molecular weight is 398 g/mol. The van der Waals surface area contributed by atoms with E-state index in [0.29, 0.717) is 5.92 Å². The van der Waals surface area contributed by atoms with Crippen LogP contribution in [0.1, 0.15) is 28.9 Å². The molecule has 4 fully saturated rings. The maximum Gasteiger partial charge on any atom is 0.264 e. The Morgan fingerprint density at radius 3 is 2.93 bits per heavy atom. The number of piperazine rings is 1. The number of hydrogen-bond donors (Lipinski definition) is 1. The first-order valence-electron chi connectivity index (χ1n) is 10.6. The van der Waals surface area contributed by atoms with Crippen LogP contribution in [0.25, 0.3) is 10.1 Å². The summed E-state index contributed by atoms with van der Waals surface area (Å²) in [6, 6.07) is 8.61. The fraction of sp³-hybridized carbons (Fsp3) is 0.591. The van der Waals surface area contributed by atoms with Crippen LogP contribution < -0.4 is 10.2 Å². The lowest BCUT2D eigenvalue weighted by Crippen LogP contribution is -2.51. The Hall–Kier alpha value is -1.63. The van der Waals surface area contributed by atoms with E-state index in [-0.39, 0.29) is 11.5 Å². The minimum absolute atomic E-state index is 0.0405. The number of nitrogens with one attached hydrogen (secondary N) is 1. The predicted octanol–water partition coefficient (Wildman–Crippen LogP) is 2.95. The van der Waals surface area contributed by atoms with Crippen LogP contribution in [0.3, 0.4) is 0 Å². The number of ether oxygens (including phenoxy) is 1. The minimum atomic E-state index is -0.0405. The number of carbonyl (C=O) groups excluding carboxylic acids is 1. The van der Waals surface area contributed by atoms with Gasteiger partial charge in [-0.3, -0.25) is 4.79 Å². The number of fused-ring (bicyclic) bond motifs is 3. The van der Waals surface area contributed by atoms with Crippen LogP contribution in [0.5, 0.6) is 0 Å². The van der Waals surface area contributed by atoms with Gasteiger partial charge in [0.15, 0.2) is 0 Å². The summed E-state index contributed by atoms with van der Waals surface area (Å²) in [6.45, 7) is 6.63. The van der Waals surface area contributed by atoms with Crippen molar-refractivity contribution in [3.8, 4) is 0 Å². The summed E-state index contributed by atoms with van der Waals surface area (Å²) in [5.74, 6) is 1.66. The Morgan fingerprint density at radius 2 is 2.14 bits per heavy atom. The van der Waals surface area contributed by atoms with Gasteiger partial charge < -0.3 is 19.9 Å². The van der Waals surface area contributed by atoms with Crippen LogP contribution in [-0.2, 0) is 4.74 Å². The lowest BCUT2D eigenvalue weighted by Gasteiger charge is -2.41. The summed E-state index contributed by atoms with van der Waals surface area (Å²) in [4.78, 5) is 18.8. The van der Waals surface area contributed by atoms with Crippen LogP contribution in [0.15, 0.2) is 24.3 Å². The number of anilines is 1. The Bertz CT molecular complexity index is 922. The van der Waals surface area contributed by atoms with Crippen molar-refractivity contribution in [1.82, 2.24) is 10.2 Å². The number of rotatable bonds is 2. The van der Waals surface area contributed by atoms with Crippen molar-refractivity contribution in [3.63, 3.8) is 0 Å². The van der Waals surface area contributed by atoms with E-state index in [1.807, 2.05) is 0 Å². The topological polar surface area (TPSA) is 44.8 Å². The first kappa shape index (κ1) is 17.2. The zero-order chi connectivity index (χ0) is 18.7. The summed E-state index contributed by atoms with van der Waals surface area (Å²) in [7, 11) is 0. The molecule has 1 N–H and O–H groups in total. The first-order valence-corrected chi connectivity index (χ1v) is 11.5. The van der Waals surface area contributed by atoms with Gasteiger partial charge in [-0.15, -0.1) is 11.3 Å². The van der Waals surface area contributed by atoms with Crippen molar-refractivity contribution in [2.24, 2.45) is 11.8 Å². The molecule has 3 saturated heterocycles. The quantitative estimate of drug-likeness (QED) is 0.846. The molecule has 1 amide bonds. The molecule has 1 aromatic carbocycles. The van der Waals surface area contributed by atoms with Crippen molar-refractivity contribution in [1.29, 1.82) is 0 Å². The molecule has 6 heteroatoms. The summed E-state index contributed by atoms with van der Waals surface area (Å²) >= 11 is 1.65. The van der Waals surface area contributed by atoms with E-state index in [0.717, 1.165) is 69.5 Å². The van der Waals surface area contributed by atoms with E-state index in [4.69, 9.17) is 4.74 Å². The molecule has 1 aromatic heterocycles. The highest BCUT2D eigenvalue weighted by Crippen LogP contribution is 2.57. The second-order valence-electron chi connectivity index (χ2n) is 8.84. The number of piperidine rings is 1. The molecule has 148 valence electrons. The molecule has 5 nitrogen and oxygen atoms in total. The molecule has 1 unspecified atom stereocenters. The van der Waals surface area contributed by atoms with E-state index < -0.39 is 0 Å². The highest BCUT2D eigenvalue weighted by atomic mass is 32.1. The third-order valence-corrected chi connectivity index (χ3v) is 8.25. The number of amides is 1. The van der Waals surface area contributed by atoms with E-state index in [1.165, 1.54) is 22.2 Å². The maximum atomic E-state index is 13.4. The molecule has 0 radical (unpaired) electrons. The van der Waals surface area contributed by atoms with Crippen molar-refractivity contribution >= 4 is 33.0 Å². The normalized spacial score (nSPS) is 32.1. The minimum Gasteiger partial charge on any atom is -0.373 e. The van der Waals surface area contributed by atoms with Crippen molar-refractivity contribution in [2.75, 3.05) is 50.8 Å². The Morgan fingerprint density at radius 1 is 1.25 bits per heavy atom. The lowest BCUT2D eigenvalue weighted by molar-refractivity contribution is -0.0671. The smallest absolute Gasteiger partial charge is 0.264 e. The summed E-state index contributed by atoms with van der Waals surface area (Å²) < 4.78 is 7.43. The first-order chi connectivity index (χ1) is 13.7. The standard InChI is InChI=1S/C22H27N3O2S/c26-21(25-8-2-5-22(14-25)17-11-15(17)13-27-22)20-12-16-18(3-1-4-19(16)28-20)24-9-6-23-7-10-24/h1,3-4,12,15,17,23H,2,5-11,13-14H2/t15-,17-,22?/m0/s1. The Balaban J connectivity index is 1.28. The van der Waals surface area contributed by atoms with Gasteiger partial charge in [-0.1, -0.05) is 6.07 Å². The van der Waals surface area contributed by atoms with Crippen LogP contribution in [-0.4, -0.2) is 62.3 Å². The Labute approximate surface area is 169 Å². The van der Waals surface area contributed by atoms with Crippen LogP contribution >= 0.6 is 11.3 Å². The average Bonchev–Trinajstić information content (AvgIpc) is 3.30. The molecule has 3 atom stereocenters. The van der Waals surface area contributed by atoms with E-state index >= 15 is 0 Å². The molecule has 4 aliphatic rings. The second-order valence-corrected chi connectivity index (χ2v) is 9.93. The van der Waals surface area contributed by atoms with Gasteiger partial charge in [-0.2, -0.15) is 0 Å². The van der Waals surface area contributed by atoms with Crippen molar-refractivity contribution < 1.29 is 9.53 Å². The summed E-state index contributed by atoms with van der Waals surface area (Å²) in [6.07, 6.45) is 3.49. The highest BCUT2D eigenvalue weighted by Gasteiger charge is 2.60. The maximum absolute atomic E-state index is 13.4. The zero-order valence-electron chi connectivity index (χ0n) is 16.2. The van der Waals surface area contributed by atoms with Gasteiger partial charge in [0, 0.05) is 48.5 Å². The van der Waals surface area contributed by atoms with Gasteiger partial charge in [-0.05, 0) is 49.3 Å². The van der Waals surface area contributed by atoms with Gasteiger partial charge in [0.1, 0.15) is 0 Å². The number of thiophene rings is 1. The summed E-state index contributed by atoms with van der Waals surface area (Å²) in [5, 5.41) is 4.64. The molecule has 6 rings (SSSR count). The van der Waals surface area contributed by atoms with Gasteiger partial charge >= 0.3 is 0 Å². The fourth-order valence-corrected chi connectivity index (χ4v) is 6.64. The van der Waals surface area contributed by atoms with Crippen LogP contribution in [0, 0.1) is 11.8 Å². The van der Waals surface area contributed by atoms with Gasteiger partial charge in [0.05, 0.1) is 23.6 Å².